The summed E-state index contributed by atoms with van der Waals surface area (Å²) in [7, 11) is 0. The van der Waals surface area contributed by atoms with Gasteiger partial charge in [-0.3, -0.25) is 14.4 Å². The molecule has 12 nitrogen and oxygen atoms in total. The van der Waals surface area contributed by atoms with Gasteiger partial charge < -0.3 is 28.8 Å². The molecule has 1 N–H and O–H groups in total. The molecule has 35 heavy (non-hydrogen) atoms. The zero-order valence-electron chi connectivity index (χ0n) is 19.6. The molecular weight excluding hydrogens is 468 g/mol. The van der Waals surface area contributed by atoms with Crippen molar-refractivity contribution < 1.29 is 57.6 Å². The summed E-state index contributed by atoms with van der Waals surface area (Å²) in [6, 6.07) is 8.88. The molecule has 0 aliphatic carbocycles. The molecule has 12 heteroatoms. The predicted octanol–water partition coefficient (Wildman–Crippen LogP) is 1.32. The van der Waals surface area contributed by atoms with Gasteiger partial charge in [0, 0.05) is 0 Å². The molecule has 0 amide bonds. The second-order valence-corrected chi connectivity index (χ2v) is 7.25. The number of carbonyl (C=O) groups is 6. The smallest absolute Gasteiger partial charge is 0.347 e. The van der Waals surface area contributed by atoms with Gasteiger partial charge in [-0.15, -0.1) is 0 Å². The third-order valence-electron chi connectivity index (χ3n) is 4.23. The highest BCUT2D eigenvalue weighted by Gasteiger charge is 2.28. The quantitative estimate of drug-likeness (QED) is 0.290. The number of ether oxygens (including phenoxy) is 5. The van der Waals surface area contributed by atoms with Crippen LogP contribution in [0.25, 0.3) is 0 Å². The van der Waals surface area contributed by atoms with E-state index in [1.165, 1.54) is 20.8 Å². The van der Waals surface area contributed by atoms with Crippen molar-refractivity contribution in [2.75, 3.05) is 6.61 Å². The zero-order chi connectivity index (χ0) is 26.4. The molecule has 0 bridgehead atoms. The fourth-order valence-electron chi connectivity index (χ4n) is 2.32. The molecule has 1 aromatic rings. The summed E-state index contributed by atoms with van der Waals surface area (Å²) in [6.07, 6.45) is -5.15. The number of carbonyl (C=O) groups excluding carboxylic acids is 5. The van der Waals surface area contributed by atoms with E-state index >= 15 is 0 Å². The van der Waals surface area contributed by atoms with Crippen LogP contribution in [0, 0.1) is 0 Å². The van der Waals surface area contributed by atoms with Crippen LogP contribution in [-0.2, 0) is 59.1 Å². The molecule has 192 valence electrons. The van der Waals surface area contributed by atoms with Crippen LogP contribution in [0.4, 0.5) is 0 Å². The van der Waals surface area contributed by atoms with Crippen molar-refractivity contribution in [2.45, 2.75) is 65.0 Å². The van der Waals surface area contributed by atoms with E-state index in [1.807, 2.05) is 6.07 Å². The molecule has 0 fully saturated rings. The molecule has 3 atom stereocenters. The van der Waals surface area contributed by atoms with Gasteiger partial charge in [0.15, 0.2) is 18.3 Å². The van der Waals surface area contributed by atoms with E-state index in [2.05, 4.69) is 4.74 Å². The first-order chi connectivity index (χ1) is 16.5. The highest BCUT2D eigenvalue weighted by Crippen LogP contribution is 2.07. The summed E-state index contributed by atoms with van der Waals surface area (Å²) in [5.41, 5.74) is 0.751. The van der Waals surface area contributed by atoms with Gasteiger partial charge in [0.25, 0.3) is 0 Å². The maximum absolute atomic E-state index is 12.1. The largest absolute Gasteiger partial charge is 0.481 e. The van der Waals surface area contributed by atoms with Gasteiger partial charge in [-0.25, -0.2) is 14.4 Å². The molecule has 0 saturated carbocycles. The van der Waals surface area contributed by atoms with Crippen LogP contribution >= 0.6 is 0 Å². The monoisotopic (exact) mass is 496 g/mol. The highest BCUT2D eigenvalue weighted by atomic mass is 16.6. The average molecular weight is 496 g/mol. The Morgan fingerprint density at radius 2 is 1.23 bits per heavy atom. The summed E-state index contributed by atoms with van der Waals surface area (Å²) in [6.45, 7) is 3.36. The van der Waals surface area contributed by atoms with Crippen molar-refractivity contribution in [1.82, 2.24) is 0 Å². The summed E-state index contributed by atoms with van der Waals surface area (Å²) in [5, 5.41) is 8.48. The molecule has 0 aromatic heterocycles. The van der Waals surface area contributed by atoms with Gasteiger partial charge in [0.05, 0.1) is 19.3 Å². The first-order valence-corrected chi connectivity index (χ1v) is 10.7. The number of aliphatic carboxylic acids is 1. The van der Waals surface area contributed by atoms with E-state index in [-0.39, 0.29) is 26.1 Å². The highest BCUT2D eigenvalue weighted by molar-refractivity contribution is 5.84. The fourth-order valence-corrected chi connectivity index (χ4v) is 2.32. The van der Waals surface area contributed by atoms with Crippen LogP contribution in [0.2, 0.25) is 0 Å². The Balaban J connectivity index is 2.34. The topological polar surface area (TPSA) is 169 Å². The van der Waals surface area contributed by atoms with Gasteiger partial charge in [-0.2, -0.15) is 0 Å². The van der Waals surface area contributed by atoms with Gasteiger partial charge in [-0.1, -0.05) is 30.3 Å². The summed E-state index contributed by atoms with van der Waals surface area (Å²) >= 11 is 0. The van der Waals surface area contributed by atoms with Crippen molar-refractivity contribution in [3.63, 3.8) is 0 Å². The Morgan fingerprint density at radius 3 is 1.80 bits per heavy atom. The molecule has 0 unspecified atom stereocenters. The minimum absolute atomic E-state index is 0.00345. The SMILES string of the molecule is C[C@H](OC(=O)CCOC(=O)CCC(=O)O)C(=O)O[C@@H](C)C(=O)O[C@@H](C)C(=O)OCc1ccccc1. The molecule has 0 aliphatic heterocycles. The molecule has 0 aliphatic rings. The molecule has 0 saturated heterocycles. The Morgan fingerprint density at radius 1 is 0.686 bits per heavy atom. The molecular formula is C23H28O12. The molecule has 1 aromatic carbocycles. The molecule has 1 rings (SSSR count). The Hall–Kier alpha value is -3.96. The minimum Gasteiger partial charge on any atom is -0.481 e. The van der Waals surface area contributed by atoms with Crippen LogP contribution in [0.3, 0.4) is 0 Å². The number of hydrogen-bond donors (Lipinski definition) is 1. The number of benzene rings is 1. The number of carboxylic acids is 1. The van der Waals surface area contributed by atoms with Crippen molar-refractivity contribution >= 4 is 35.8 Å². The van der Waals surface area contributed by atoms with E-state index in [9.17, 15) is 28.8 Å². The van der Waals surface area contributed by atoms with E-state index in [0.29, 0.717) is 0 Å². The first-order valence-electron chi connectivity index (χ1n) is 10.7. The van der Waals surface area contributed by atoms with Gasteiger partial charge in [0.2, 0.25) is 0 Å². The van der Waals surface area contributed by atoms with Gasteiger partial charge in [-0.05, 0) is 26.3 Å². The molecule has 0 radical (unpaired) electrons. The lowest BCUT2D eigenvalue weighted by molar-refractivity contribution is -0.182. The third kappa shape index (κ3) is 12.2. The van der Waals surface area contributed by atoms with Crippen molar-refractivity contribution in [2.24, 2.45) is 0 Å². The molecule has 0 heterocycles. The zero-order valence-corrected chi connectivity index (χ0v) is 19.6. The number of hydrogen-bond acceptors (Lipinski definition) is 11. The van der Waals surface area contributed by atoms with E-state index in [1.54, 1.807) is 24.3 Å². The Kier molecular flexibility index (Phi) is 12.5. The first kappa shape index (κ1) is 29.1. The van der Waals surface area contributed by atoms with Crippen molar-refractivity contribution in [3.8, 4) is 0 Å². The van der Waals surface area contributed by atoms with E-state index in [4.69, 9.17) is 24.1 Å². The lowest BCUT2D eigenvalue weighted by Crippen LogP contribution is -2.36. The fraction of sp³-hybridized carbons (Fsp3) is 0.478. The Bertz CT molecular complexity index is 895. The summed E-state index contributed by atoms with van der Waals surface area (Å²) in [4.78, 5) is 69.6. The third-order valence-corrected chi connectivity index (χ3v) is 4.23. The number of rotatable bonds is 14. The second kappa shape index (κ2) is 15.0. The van der Waals surface area contributed by atoms with Crippen LogP contribution < -0.4 is 0 Å². The standard InChI is InChI=1S/C23H28O12/c1-14(21(28)32-13-17-7-5-4-6-8-17)34-23(30)16(3)35-22(29)15(2)33-20(27)11-12-31-19(26)10-9-18(24)25/h4-8,14-16H,9-13H2,1-3H3,(H,24,25)/t14-,15-,16-/m0/s1. The lowest BCUT2D eigenvalue weighted by atomic mass is 10.2. The second-order valence-electron chi connectivity index (χ2n) is 7.25. The number of esters is 5. The summed E-state index contributed by atoms with van der Waals surface area (Å²) < 4.78 is 24.4. The van der Waals surface area contributed by atoms with E-state index < -0.39 is 60.5 Å². The van der Waals surface area contributed by atoms with Crippen LogP contribution in [0.15, 0.2) is 30.3 Å². The van der Waals surface area contributed by atoms with Crippen molar-refractivity contribution in [3.05, 3.63) is 35.9 Å². The Labute approximate surface area is 201 Å². The van der Waals surface area contributed by atoms with Crippen LogP contribution in [-0.4, -0.2) is 65.8 Å². The van der Waals surface area contributed by atoms with Crippen LogP contribution in [0.5, 0.6) is 0 Å². The number of carboxylic acid groups (broad SMARTS) is 1. The normalized spacial score (nSPS) is 12.9. The van der Waals surface area contributed by atoms with Crippen molar-refractivity contribution in [1.29, 1.82) is 0 Å². The van der Waals surface area contributed by atoms with E-state index in [0.717, 1.165) is 5.56 Å². The maximum atomic E-state index is 12.1. The molecule has 0 spiro atoms. The maximum Gasteiger partial charge on any atom is 0.347 e. The minimum atomic E-state index is -1.40. The average Bonchev–Trinajstić information content (AvgIpc) is 2.81. The summed E-state index contributed by atoms with van der Waals surface area (Å²) in [5.74, 6) is -5.67. The van der Waals surface area contributed by atoms with Gasteiger partial charge >= 0.3 is 35.8 Å². The predicted molar refractivity (Wildman–Crippen MR) is 115 cm³/mol. The van der Waals surface area contributed by atoms with Crippen LogP contribution in [0.1, 0.15) is 45.6 Å². The van der Waals surface area contributed by atoms with Gasteiger partial charge in [0.1, 0.15) is 13.2 Å². The lowest BCUT2D eigenvalue weighted by Gasteiger charge is -2.18.